The molecule has 2 aromatic carbocycles. The molecule has 0 aromatic heterocycles. The molecule has 2 heteroatoms. The zero-order valence-corrected chi connectivity index (χ0v) is 18.6. The van der Waals surface area contributed by atoms with Crippen molar-refractivity contribution in [3.05, 3.63) is 68.8 Å². The zero-order chi connectivity index (χ0) is 20.5. The molecule has 0 aliphatic rings. The van der Waals surface area contributed by atoms with E-state index in [1.54, 1.807) is 0 Å². The summed E-state index contributed by atoms with van der Waals surface area (Å²) < 4.78 is 0. The highest BCUT2D eigenvalue weighted by molar-refractivity contribution is 5.84. The summed E-state index contributed by atoms with van der Waals surface area (Å²) >= 11 is 0. The van der Waals surface area contributed by atoms with E-state index in [9.17, 15) is 0 Å². The van der Waals surface area contributed by atoms with Crippen molar-refractivity contribution in [3.63, 3.8) is 0 Å². The van der Waals surface area contributed by atoms with Gasteiger partial charge in [0, 0.05) is 25.5 Å². The molecule has 28 heavy (non-hydrogen) atoms. The average molecular weight is 377 g/mol. The molecule has 0 unspecified atom stereocenters. The summed E-state index contributed by atoms with van der Waals surface area (Å²) in [4.78, 5) is 9.28. The summed E-state index contributed by atoms with van der Waals surface area (Å²) in [5.74, 6) is 0. The van der Waals surface area contributed by atoms with Crippen LogP contribution in [0.1, 0.15) is 70.2 Å². The lowest BCUT2D eigenvalue weighted by molar-refractivity contribution is 0.655. The van der Waals surface area contributed by atoms with Crippen LogP contribution in [0.2, 0.25) is 0 Å². The van der Waals surface area contributed by atoms with Crippen LogP contribution in [0.25, 0.3) is 0 Å². The normalized spacial score (nSPS) is 11.8. The first-order valence-electron chi connectivity index (χ1n) is 10.5. The van der Waals surface area contributed by atoms with Crippen molar-refractivity contribution in [2.24, 2.45) is 9.98 Å². The second kappa shape index (κ2) is 10.9. The minimum absolute atomic E-state index is 0.914. The molecule has 0 N–H and O–H groups in total. The number of aryl methyl sites for hydroxylation is 6. The van der Waals surface area contributed by atoms with Gasteiger partial charge in [0.1, 0.15) is 0 Å². The Labute approximate surface area is 171 Å². The second-order valence-corrected chi connectivity index (χ2v) is 8.11. The van der Waals surface area contributed by atoms with Gasteiger partial charge in [0.05, 0.1) is 0 Å². The predicted molar refractivity (Wildman–Crippen MR) is 125 cm³/mol. The fourth-order valence-electron chi connectivity index (χ4n) is 3.86. The van der Waals surface area contributed by atoms with E-state index in [0.717, 1.165) is 25.9 Å². The van der Waals surface area contributed by atoms with E-state index in [2.05, 4.69) is 88.2 Å². The molecule has 0 amide bonds. The first-order chi connectivity index (χ1) is 13.4. The quantitative estimate of drug-likeness (QED) is 0.346. The minimum Gasteiger partial charge on any atom is -0.293 e. The van der Waals surface area contributed by atoms with Gasteiger partial charge in [0.25, 0.3) is 0 Å². The number of aliphatic imine (C=N–C) groups is 2. The third-order valence-electron chi connectivity index (χ3n) is 5.24. The van der Waals surface area contributed by atoms with Gasteiger partial charge in [-0.3, -0.25) is 9.98 Å². The van der Waals surface area contributed by atoms with Crippen LogP contribution in [0.5, 0.6) is 0 Å². The Kier molecular flexibility index (Phi) is 8.63. The molecule has 0 aliphatic heterocycles. The molecule has 150 valence electrons. The third kappa shape index (κ3) is 6.74. The molecule has 0 saturated carbocycles. The molecule has 0 spiro atoms. The fourth-order valence-corrected chi connectivity index (χ4v) is 3.86. The van der Waals surface area contributed by atoms with Crippen LogP contribution in [0.15, 0.2) is 34.3 Å². The lowest BCUT2D eigenvalue weighted by atomic mass is 10.0. The van der Waals surface area contributed by atoms with Crippen molar-refractivity contribution in [3.8, 4) is 0 Å². The van der Waals surface area contributed by atoms with E-state index in [4.69, 9.17) is 0 Å². The summed E-state index contributed by atoms with van der Waals surface area (Å²) in [6.07, 6.45) is 8.87. The van der Waals surface area contributed by atoms with Crippen molar-refractivity contribution in [1.82, 2.24) is 0 Å². The van der Waals surface area contributed by atoms with Gasteiger partial charge in [-0.1, -0.05) is 48.2 Å². The number of benzene rings is 2. The van der Waals surface area contributed by atoms with E-state index < -0.39 is 0 Å². The molecule has 0 saturated heterocycles. The van der Waals surface area contributed by atoms with Gasteiger partial charge < -0.3 is 0 Å². The maximum absolute atomic E-state index is 4.64. The lowest BCUT2D eigenvalue weighted by Gasteiger charge is -2.06. The summed E-state index contributed by atoms with van der Waals surface area (Å²) in [5, 5.41) is 0. The topological polar surface area (TPSA) is 24.7 Å². The van der Waals surface area contributed by atoms with E-state index in [1.807, 2.05) is 0 Å². The van der Waals surface area contributed by atoms with Crippen LogP contribution in [0.4, 0.5) is 0 Å². The summed E-state index contributed by atoms with van der Waals surface area (Å²) in [5.41, 5.74) is 10.5. The molecule has 0 bridgehead atoms. The van der Waals surface area contributed by atoms with Crippen molar-refractivity contribution in [2.75, 3.05) is 13.1 Å². The predicted octanol–water partition coefficient (Wildman–Crippen LogP) is 6.64. The molecule has 0 fully saturated rings. The Morgan fingerprint density at radius 3 is 1.18 bits per heavy atom. The van der Waals surface area contributed by atoms with Crippen LogP contribution in [0.3, 0.4) is 0 Å². The Balaban J connectivity index is 1.65. The maximum atomic E-state index is 4.64. The Morgan fingerprint density at radius 1 is 0.536 bits per heavy atom. The lowest BCUT2D eigenvalue weighted by Crippen LogP contribution is -1.95. The van der Waals surface area contributed by atoms with Crippen LogP contribution in [-0.2, 0) is 0 Å². The minimum atomic E-state index is 0.914. The van der Waals surface area contributed by atoms with Crippen molar-refractivity contribution < 1.29 is 0 Å². The number of nitrogens with zero attached hydrogens (tertiary/aromatic N) is 2. The number of unbranched alkanes of at least 4 members (excludes halogenated alkanes) is 3. The molecule has 0 radical (unpaired) electrons. The van der Waals surface area contributed by atoms with Gasteiger partial charge in [-0.05, 0) is 87.8 Å². The summed E-state index contributed by atoms with van der Waals surface area (Å²) in [7, 11) is 0. The SMILES string of the molecule is Cc1cc(C)c(C=NCCCCCCN=Cc2c(C)cc(C)cc2C)c(C)c1. The number of hydrogen-bond donors (Lipinski definition) is 0. The highest BCUT2D eigenvalue weighted by Gasteiger charge is 2.01. The molecule has 0 atom stereocenters. The summed E-state index contributed by atoms with van der Waals surface area (Å²) in [6.45, 7) is 14.8. The highest BCUT2D eigenvalue weighted by atomic mass is 14.7. The Bertz CT molecular complexity index is 726. The van der Waals surface area contributed by atoms with Gasteiger partial charge in [-0.25, -0.2) is 0 Å². The fraction of sp³-hybridized carbons (Fsp3) is 0.462. The third-order valence-corrected chi connectivity index (χ3v) is 5.24. The first kappa shape index (κ1) is 22.1. The van der Waals surface area contributed by atoms with Crippen LogP contribution >= 0.6 is 0 Å². The Hall–Kier alpha value is -2.22. The van der Waals surface area contributed by atoms with E-state index in [0.29, 0.717) is 0 Å². The Morgan fingerprint density at radius 2 is 0.857 bits per heavy atom. The molecule has 2 aromatic rings. The average Bonchev–Trinajstić information content (AvgIpc) is 2.60. The van der Waals surface area contributed by atoms with Crippen molar-refractivity contribution in [1.29, 1.82) is 0 Å². The highest BCUT2D eigenvalue weighted by Crippen LogP contribution is 2.15. The van der Waals surface area contributed by atoms with Gasteiger partial charge in [0.2, 0.25) is 0 Å². The number of hydrogen-bond acceptors (Lipinski definition) is 2. The standard InChI is InChI=1S/C26H36N2/c1-19-13-21(3)25(22(4)14-19)17-27-11-9-7-8-10-12-28-18-26-23(5)15-20(2)16-24(26)6/h13-18H,7-12H2,1-6H3. The zero-order valence-electron chi connectivity index (χ0n) is 18.6. The monoisotopic (exact) mass is 376 g/mol. The van der Waals surface area contributed by atoms with E-state index >= 15 is 0 Å². The first-order valence-corrected chi connectivity index (χ1v) is 10.5. The molecule has 0 heterocycles. The smallest absolute Gasteiger partial charge is 0.0389 e. The molecular weight excluding hydrogens is 340 g/mol. The van der Waals surface area contributed by atoms with E-state index in [1.165, 1.54) is 57.3 Å². The molecule has 2 nitrogen and oxygen atoms in total. The molecule has 0 aliphatic carbocycles. The van der Waals surface area contributed by atoms with Gasteiger partial charge in [-0.15, -0.1) is 0 Å². The second-order valence-electron chi connectivity index (χ2n) is 8.11. The van der Waals surface area contributed by atoms with Crippen LogP contribution in [0, 0.1) is 41.5 Å². The number of rotatable bonds is 9. The maximum Gasteiger partial charge on any atom is 0.0389 e. The summed E-state index contributed by atoms with van der Waals surface area (Å²) in [6, 6.07) is 8.92. The van der Waals surface area contributed by atoms with Gasteiger partial charge >= 0.3 is 0 Å². The van der Waals surface area contributed by atoms with Crippen LogP contribution in [-0.4, -0.2) is 25.5 Å². The molecular formula is C26H36N2. The van der Waals surface area contributed by atoms with Crippen molar-refractivity contribution >= 4 is 12.4 Å². The van der Waals surface area contributed by atoms with E-state index in [-0.39, 0.29) is 0 Å². The largest absolute Gasteiger partial charge is 0.293 e. The van der Waals surface area contributed by atoms with Crippen LogP contribution < -0.4 is 0 Å². The van der Waals surface area contributed by atoms with Crippen molar-refractivity contribution in [2.45, 2.75) is 67.2 Å². The van der Waals surface area contributed by atoms with Gasteiger partial charge in [0.15, 0.2) is 0 Å². The van der Waals surface area contributed by atoms with Gasteiger partial charge in [-0.2, -0.15) is 0 Å². The molecule has 2 rings (SSSR count).